The summed E-state index contributed by atoms with van der Waals surface area (Å²) in [6.45, 7) is 0.721. The van der Waals surface area contributed by atoms with Gasteiger partial charge in [0.2, 0.25) is 5.91 Å². The fourth-order valence-electron chi connectivity index (χ4n) is 2.26. The largest absolute Gasteiger partial charge is 0.480 e. The van der Waals surface area contributed by atoms with Crippen molar-refractivity contribution >= 4 is 17.6 Å². The van der Waals surface area contributed by atoms with Gasteiger partial charge < -0.3 is 16.2 Å². The molecule has 1 atom stereocenters. The van der Waals surface area contributed by atoms with Gasteiger partial charge in [0.25, 0.3) is 0 Å². The molecule has 1 heterocycles. The highest BCUT2D eigenvalue weighted by Gasteiger charge is 2.41. The molecule has 21 heavy (non-hydrogen) atoms. The van der Waals surface area contributed by atoms with Crippen molar-refractivity contribution in [1.82, 2.24) is 4.90 Å². The Kier molecular flexibility index (Phi) is 4.21. The van der Waals surface area contributed by atoms with Crippen molar-refractivity contribution in [2.24, 2.45) is 5.73 Å². The van der Waals surface area contributed by atoms with Crippen molar-refractivity contribution in [3.05, 3.63) is 29.8 Å². The fourth-order valence-corrected chi connectivity index (χ4v) is 2.26. The van der Waals surface area contributed by atoms with Crippen LogP contribution in [0.3, 0.4) is 0 Å². The van der Waals surface area contributed by atoms with Crippen LogP contribution >= 0.6 is 0 Å². The quantitative estimate of drug-likeness (QED) is 0.716. The molecule has 1 aromatic carbocycles. The normalized spacial score (nSPS) is 21.7. The molecule has 0 spiro atoms. The lowest BCUT2D eigenvalue weighted by molar-refractivity contribution is -0.143. The van der Waals surface area contributed by atoms with Crippen molar-refractivity contribution in [3.8, 4) is 6.07 Å². The molecular weight excluding hydrogens is 272 g/mol. The topological polar surface area (TPSA) is 119 Å². The number of nitrogens with one attached hydrogen (secondary N) is 1. The Morgan fingerprint density at radius 1 is 1.43 bits per heavy atom. The van der Waals surface area contributed by atoms with Crippen molar-refractivity contribution in [2.45, 2.75) is 12.0 Å². The van der Waals surface area contributed by atoms with E-state index in [9.17, 15) is 9.59 Å². The van der Waals surface area contributed by atoms with E-state index in [1.807, 2.05) is 6.07 Å². The van der Waals surface area contributed by atoms with Crippen LogP contribution < -0.4 is 11.1 Å². The maximum Gasteiger partial charge on any atom is 0.325 e. The fraction of sp³-hybridized carbons (Fsp3) is 0.357. The number of benzene rings is 1. The Morgan fingerprint density at radius 2 is 2.10 bits per heavy atom. The number of hydrogen-bond donors (Lipinski definition) is 3. The second-order valence-electron chi connectivity index (χ2n) is 5.16. The van der Waals surface area contributed by atoms with Crippen LogP contribution in [-0.4, -0.2) is 47.1 Å². The first kappa shape index (κ1) is 15.0. The first-order valence-electron chi connectivity index (χ1n) is 6.47. The van der Waals surface area contributed by atoms with Crippen LogP contribution in [0, 0.1) is 11.3 Å². The van der Waals surface area contributed by atoms with Crippen LogP contribution in [0.1, 0.15) is 12.0 Å². The molecule has 7 nitrogen and oxygen atoms in total. The van der Waals surface area contributed by atoms with Crippen LogP contribution in [0.25, 0.3) is 0 Å². The molecule has 0 bridgehead atoms. The van der Waals surface area contributed by atoms with E-state index < -0.39 is 11.5 Å². The molecule has 1 amide bonds. The lowest BCUT2D eigenvalue weighted by atomic mass is 10.0. The Labute approximate surface area is 122 Å². The Balaban J connectivity index is 1.88. The van der Waals surface area contributed by atoms with Crippen LogP contribution in [-0.2, 0) is 9.59 Å². The second kappa shape index (κ2) is 5.91. The second-order valence-corrected chi connectivity index (χ2v) is 5.16. The van der Waals surface area contributed by atoms with Crippen LogP contribution in [0.2, 0.25) is 0 Å². The zero-order valence-corrected chi connectivity index (χ0v) is 11.4. The minimum absolute atomic E-state index is 0.0895. The Bertz CT molecular complexity index is 593. The summed E-state index contributed by atoms with van der Waals surface area (Å²) in [5.41, 5.74) is 5.59. The lowest BCUT2D eigenvalue weighted by Gasteiger charge is -2.19. The zero-order valence-electron chi connectivity index (χ0n) is 11.4. The number of carboxylic acid groups (broad SMARTS) is 1. The lowest BCUT2D eigenvalue weighted by Crippen LogP contribution is -2.50. The summed E-state index contributed by atoms with van der Waals surface area (Å²) in [5, 5.41) is 20.4. The summed E-state index contributed by atoms with van der Waals surface area (Å²) >= 11 is 0. The highest BCUT2D eigenvalue weighted by atomic mass is 16.4. The average molecular weight is 288 g/mol. The molecule has 0 saturated carbocycles. The van der Waals surface area contributed by atoms with Gasteiger partial charge in [-0.05, 0) is 30.7 Å². The SMILES string of the molecule is N#Cc1ccc(NC(=O)CN2CCC(N)(C(=O)O)C2)cc1. The van der Waals surface area contributed by atoms with Gasteiger partial charge in [-0.2, -0.15) is 5.26 Å². The molecule has 0 aromatic heterocycles. The number of aliphatic carboxylic acids is 1. The van der Waals surface area contributed by atoms with Crippen molar-refractivity contribution in [3.63, 3.8) is 0 Å². The molecule has 0 radical (unpaired) electrons. The van der Waals surface area contributed by atoms with Crippen molar-refractivity contribution < 1.29 is 14.7 Å². The number of carbonyl (C=O) groups is 2. The van der Waals surface area contributed by atoms with Gasteiger partial charge in [0.05, 0.1) is 18.2 Å². The summed E-state index contributed by atoms with van der Waals surface area (Å²) in [6, 6.07) is 8.51. The summed E-state index contributed by atoms with van der Waals surface area (Å²) < 4.78 is 0. The van der Waals surface area contributed by atoms with Crippen molar-refractivity contribution in [1.29, 1.82) is 5.26 Å². The van der Waals surface area contributed by atoms with Crippen LogP contribution in [0.15, 0.2) is 24.3 Å². The van der Waals surface area contributed by atoms with Crippen LogP contribution in [0.5, 0.6) is 0 Å². The third kappa shape index (κ3) is 3.56. The number of nitriles is 1. The number of nitrogens with zero attached hydrogens (tertiary/aromatic N) is 2. The number of carboxylic acids is 1. The minimum atomic E-state index is -1.27. The number of anilines is 1. The number of rotatable bonds is 4. The van der Waals surface area contributed by atoms with Gasteiger partial charge >= 0.3 is 5.97 Å². The molecule has 1 fully saturated rings. The molecule has 110 valence electrons. The summed E-state index contributed by atoms with van der Waals surface area (Å²) in [4.78, 5) is 24.6. The average Bonchev–Trinajstić information content (AvgIpc) is 2.82. The van der Waals surface area contributed by atoms with E-state index in [1.165, 1.54) is 0 Å². The van der Waals surface area contributed by atoms with Gasteiger partial charge in [0.1, 0.15) is 5.54 Å². The first-order chi connectivity index (χ1) is 9.93. The number of nitrogens with two attached hydrogens (primary N) is 1. The van der Waals surface area contributed by atoms with E-state index in [1.54, 1.807) is 29.2 Å². The number of hydrogen-bond acceptors (Lipinski definition) is 5. The molecule has 1 saturated heterocycles. The molecule has 1 aromatic rings. The first-order valence-corrected chi connectivity index (χ1v) is 6.47. The molecule has 0 aliphatic carbocycles. The number of likely N-dealkylation sites (tertiary alicyclic amines) is 1. The maximum absolute atomic E-state index is 11.9. The Hall–Kier alpha value is -2.43. The highest BCUT2D eigenvalue weighted by molar-refractivity contribution is 5.92. The van der Waals surface area contributed by atoms with Gasteiger partial charge in [0.15, 0.2) is 0 Å². The van der Waals surface area contributed by atoms with Crippen LogP contribution in [0.4, 0.5) is 5.69 Å². The van der Waals surface area contributed by atoms with E-state index in [0.717, 1.165) is 0 Å². The van der Waals surface area contributed by atoms with E-state index in [4.69, 9.17) is 16.1 Å². The van der Waals surface area contributed by atoms with Gasteiger partial charge in [-0.1, -0.05) is 0 Å². The van der Waals surface area contributed by atoms with E-state index in [0.29, 0.717) is 24.2 Å². The standard InChI is InChI=1S/C14H16N4O3/c15-7-10-1-3-11(4-2-10)17-12(19)8-18-6-5-14(16,9-18)13(20)21/h1-4H,5-6,8-9,16H2,(H,17,19)(H,20,21). The number of amides is 1. The summed E-state index contributed by atoms with van der Waals surface area (Å²) in [7, 11) is 0. The summed E-state index contributed by atoms with van der Waals surface area (Å²) in [6.07, 6.45) is 0.326. The maximum atomic E-state index is 11.9. The smallest absolute Gasteiger partial charge is 0.325 e. The minimum Gasteiger partial charge on any atom is -0.480 e. The van der Waals surface area contributed by atoms with Gasteiger partial charge in [-0.15, -0.1) is 0 Å². The third-order valence-electron chi connectivity index (χ3n) is 3.47. The molecule has 1 aliphatic rings. The molecule has 7 heteroatoms. The highest BCUT2D eigenvalue weighted by Crippen LogP contribution is 2.18. The molecule has 1 aliphatic heterocycles. The molecule has 1 unspecified atom stereocenters. The van der Waals surface area contributed by atoms with Gasteiger partial charge in [0, 0.05) is 18.8 Å². The predicted molar refractivity (Wildman–Crippen MR) is 75.4 cm³/mol. The molecular formula is C14H16N4O3. The van der Waals surface area contributed by atoms with E-state index in [-0.39, 0.29) is 19.0 Å². The van der Waals surface area contributed by atoms with Crippen molar-refractivity contribution in [2.75, 3.05) is 25.0 Å². The summed E-state index contributed by atoms with van der Waals surface area (Å²) in [5.74, 6) is -1.29. The number of carbonyl (C=O) groups excluding carboxylic acids is 1. The predicted octanol–water partition coefficient (Wildman–Crippen LogP) is -0.0154. The Morgan fingerprint density at radius 3 is 2.62 bits per heavy atom. The molecule has 4 N–H and O–H groups in total. The molecule has 2 rings (SSSR count). The van der Waals surface area contributed by atoms with Gasteiger partial charge in [-0.3, -0.25) is 14.5 Å². The zero-order chi connectivity index (χ0) is 15.5. The van der Waals surface area contributed by atoms with E-state index in [2.05, 4.69) is 5.32 Å². The van der Waals surface area contributed by atoms with E-state index >= 15 is 0 Å². The van der Waals surface area contributed by atoms with Gasteiger partial charge in [-0.25, -0.2) is 0 Å². The monoisotopic (exact) mass is 288 g/mol. The third-order valence-corrected chi connectivity index (χ3v) is 3.47.